The summed E-state index contributed by atoms with van der Waals surface area (Å²) in [4.78, 5) is 28.9. The van der Waals surface area contributed by atoms with E-state index in [1.54, 1.807) is 4.89 Å². The van der Waals surface area contributed by atoms with Gasteiger partial charge in [-0.1, -0.05) is 4.89 Å². The Labute approximate surface area is 132 Å². The van der Waals surface area contributed by atoms with Crippen LogP contribution in [0, 0.1) is 5.82 Å². The molecule has 0 atom stereocenters. The lowest BCUT2D eigenvalue weighted by Gasteiger charge is -2.08. The van der Waals surface area contributed by atoms with E-state index in [4.69, 9.17) is 0 Å². The van der Waals surface area contributed by atoms with Crippen LogP contribution in [0.5, 0.6) is 0 Å². The maximum absolute atomic E-state index is 12.7. The average Bonchev–Trinajstić information content (AvgIpc) is 3.29. The van der Waals surface area contributed by atoms with Gasteiger partial charge in [0.05, 0.1) is 11.4 Å². The highest BCUT2D eigenvalue weighted by molar-refractivity contribution is 7.89. The van der Waals surface area contributed by atoms with Gasteiger partial charge in [0.25, 0.3) is 10.0 Å². The first kappa shape index (κ1) is 17.3. The van der Waals surface area contributed by atoms with Crippen molar-refractivity contribution in [3.8, 4) is 0 Å². The highest BCUT2D eigenvalue weighted by atomic mass is 32.2. The molecule has 126 valence electrons. The van der Waals surface area contributed by atoms with Gasteiger partial charge in [0.1, 0.15) is 12.4 Å². The molecule has 1 aromatic carbocycles. The largest absolute Gasteiger partial charge is 0.352 e. The van der Waals surface area contributed by atoms with E-state index in [1.807, 2.05) is 0 Å². The van der Waals surface area contributed by atoms with Gasteiger partial charge in [0, 0.05) is 6.04 Å². The predicted molar refractivity (Wildman–Crippen MR) is 76.8 cm³/mol. The van der Waals surface area contributed by atoms with Gasteiger partial charge in [-0.15, -0.1) is 0 Å². The fourth-order valence-corrected chi connectivity index (χ4v) is 2.38. The van der Waals surface area contributed by atoms with Crippen molar-refractivity contribution >= 4 is 21.8 Å². The number of hydrogen-bond donors (Lipinski definition) is 3. The van der Waals surface area contributed by atoms with Crippen molar-refractivity contribution in [2.24, 2.45) is 0 Å². The van der Waals surface area contributed by atoms with E-state index in [9.17, 15) is 22.4 Å². The van der Waals surface area contributed by atoms with Crippen molar-refractivity contribution in [3.05, 3.63) is 30.1 Å². The Balaban J connectivity index is 1.69. The first-order chi connectivity index (χ1) is 10.9. The number of carbonyl (C=O) groups excluding carboxylic acids is 2. The molecule has 0 aliphatic heterocycles. The second-order valence-electron chi connectivity index (χ2n) is 4.95. The number of carbonyl (C=O) groups is 2. The highest BCUT2D eigenvalue weighted by Gasteiger charge is 2.23. The second-order valence-corrected chi connectivity index (χ2v) is 6.59. The molecule has 3 N–H and O–H groups in total. The smallest absolute Gasteiger partial charge is 0.262 e. The van der Waals surface area contributed by atoms with Gasteiger partial charge in [0.15, 0.2) is 0 Å². The normalized spacial score (nSPS) is 14.3. The summed E-state index contributed by atoms with van der Waals surface area (Å²) in [6.07, 6.45) is 1.88. The molecule has 2 rings (SSSR count). The number of nitrogens with one attached hydrogen (secondary N) is 3. The molecule has 1 aromatic rings. The van der Waals surface area contributed by atoms with Crippen molar-refractivity contribution in [1.29, 1.82) is 0 Å². The van der Waals surface area contributed by atoms with Crippen LogP contribution in [-0.4, -0.2) is 39.4 Å². The molecule has 0 bridgehead atoms. The molecule has 1 saturated carbocycles. The van der Waals surface area contributed by atoms with Gasteiger partial charge in [-0.3, -0.25) is 14.4 Å². The number of hydrogen-bond acceptors (Lipinski definition) is 5. The maximum atomic E-state index is 12.7. The Kier molecular flexibility index (Phi) is 5.64. The molecular formula is C13H16FN3O5S. The molecule has 10 heteroatoms. The van der Waals surface area contributed by atoms with Crippen LogP contribution >= 0.6 is 0 Å². The van der Waals surface area contributed by atoms with E-state index in [2.05, 4.69) is 15.5 Å². The molecule has 1 aliphatic rings. The summed E-state index contributed by atoms with van der Waals surface area (Å²) in [5.41, 5.74) is 0. The average molecular weight is 345 g/mol. The third-order valence-corrected chi connectivity index (χ3v) is 4.11. The van der Waals surface area contributed by atoms with Crippen molar-refractivity contribution in [2.75, 3.05) is 13.2 Å². The van der Waals surface area contributed by atoms with Crippen molar-refractivity contribution in [3.63, 3.8) is 0 Å². The number of rotatable bonds is 8. The van der Waals surface area contributed by atoms with Crippen LogP contribution in [0.3, 0.4) is 0 Å². The van der Waals surface area contributed by atoms with Crippen molar-refractivity contribution in [2.45, 2.75) is 23.8 Å². The zero-order valence-electron chi connectivity index (χ0n) is 12.0. The van der Waals surface area contributed by atoms with Crippen molar-refractivity contribution < 1.29 is 27.2 Å². The second kappa shape index (κ2) is 7.49. The fraction of sp³-hybridized carbons (Fsp3) is 0.385. The van der Waals surface area contributed by atoms with E-state index in [0.29, 0.717) is 0 Å². The molecule has 0 spiro atoms. The van der Waals surface area contributed by atoms with Crippen molar-refractivity contribution in [1.82, 2.24) is 15.5 Å². The van der Waals surface area contributed by atoms with E-state index < -0.39 is 28.4 Å². The molecule has 0 unspecified atom stereocenters. The number of sulfonamides is 1. The maximum Gasteiger partial charge on any atom is 0.262 e. The minimum atomic E-state index is -4.01. The summed E-state index contributed by atoms with van der Waals surface area (Å²) in [5.74, 6) is -1.54. The lowest BCUT2D eigenvalue weighted by Crippen LogP contribution is -2.40. The quantitative estimate of drug-likeness (QED) is 0.546. The topological polar surface area (TPSA) is 114 Å². The van der Waals surface area contributed by atoms with Gasteiger partial charge >= 0.3 is 0 Å². The number of halogens is 1. The zero-order valence-corrected chi connectivity index (χ0v) is 12.9. The molecule has 0 radical (unpaired) electrons. The number of benzene rings is 1. The standard InChI is InChI=1S/C13H16FN3O5S/c14-9-1-5-11(6-2-9)23(20,21)17-22-8-13(19)15-7-12(18)16-10-3-4-10/h1-2,5-6,10,17H,3-4,7-8H2,(H,15,19)(H,16,18). The minimum Gasteiger partial charge on any atom is -0.352 e. The van der Waals surface area contributed by atoms with Crippen LogP contribution in [0.15, 0.2) is 29.2 Å². The first-order valence-corrected chi connectivity index (χ1v) is 8.30. The van der Waals surface area contributed by atoms with E-state index in [-0.39, 0.29) is 23.4 Å². The lowest BCUT2D eigenvalue weighted by molar-refractivity contribution is -0.129. The zero-order chi connectivity index (χ0) is 16.9. The molecule has 2 amide bonds. The fourth-order valence-electron chi connectivity index (χ4n) is 1.57. The van der Waals surface area contributed by atoms with Gasteiger partial charge in [-0.2, -0.15) is 0 Å². The molecule has 1 aliphatic carbocycles. The Hall–Kier alpha value is -2.04. The van der Waals surface area contributed by atoms with Crippen LogP contribution in [0.25, 0.3) is 0 Å². The van der Waals surface area contributed by atoms with Gasteiger partial charge < -0.3 is 10.6 Å². The Morgan fingerprint density at radius 2 is 1.83 bits per heavy atom. The summed E-state index contributed by atoms with van der Waals surface area (Å²) < 4.78 is 36.3. The molecule has 0 saturated heterocycles. The molecule has 0 heterocycles. The molecule has 1 fully saturated rings. The summed E-state index contributed by atoms with van der Waals surface area (Å²) in [6, 6.07) is 4.28. The highest BCUT2D eigenvalue weighted by Crippen LogP contribution is 2.18. The van der Waals surface area contributed by atoms with Crippen LogP contribution in [-0.2, 0) is 24.4 Å². The predicted octanol–water partition coefficient (Wildman–Crippen LogP) is -0.570. The molecule has 23 heavy (non-hydrogen) atoms. The minimum absolute atomic E-state index is 0.193. The summed E-state index contributed by atoms with van der Waals surface area (Å²) >= 11 is 0. The van der Waals surface area contributed by atoms with E-state index in [1.165, 1.54) is 0 Å². The Morgan fingerprint density at radius 1 is 1.17 bits per heavy atom. The van der Waals surface area contributed by atoms with Gasteiger partial charge in [0.2, 0.25) is 11.8 Å². The van der Waals surface area contributed by atoms with Crippen LogP contribution in [0.2, 0.25) is 0 Å². The van der Waals surface area contributed by atoms with Gasteiger partial charge in [-0.25, -0.2) is 12.8 Å². The lowest BCUT2D eigenvalue weighted by atomic mass is 10.4. The summed E-state index contributed by atoms with van der Waals surface area (Å²) in [7, 11) is -4.01. The van der Waals surface area contributed by atoms with Crippen LogP contribution in [0.4, 0.5) is 4.39 Å². The summed E-state index contributed by atoms with van der Waals surface area (Å²) in [5, 5.41) is 4.97. The van der Waals surface area contributed by atoms with E-state index in [0.717, 1.165) is 37.1 Å². The number of amides is 2. The Morgan fingerprint density at radius 3 is 2.43 bits per heavy atom. The van der Waals surface area contributed by atoms with Gasteiger partial charge in [-0.05, 0) is 37.1 Å². The first-order valence-electron chi connectivity index (χ1n) is 6.82. The van der Waals surface area contributed by atoms with Crippen LogP contribution < -0.4 is 15.5 Å². The van der Waals surface area contributed by atoms with Crippen LogP contribution in [0.1, 0.15) is 12.8 Å². The molecule has 0 aromatic heterocycles. The molecule has 8 nitrogen and oxygen atoms in total. The SMILES string of the molecule is O=C(CONS(=O)(=O)c1ccc(F)cc1)NCC(=O)NC1CC1. The summed E-state index contributed by atoms with van der Waals surface area (Å²) in [6.45, 7) is -0.805. The third kappa shape index (κ3) is 5.93. The monoisotopic (exact) mass is 345 g/mol. The van der Waals surface area contributed by atoms with E-state index >= 15 is 0 Å². The molecular weight excluding hydrogens is 329 g/mol. The third-order valence-electron chi connectivity index (χ3n) is 2.88. The Bertz CT molecular complexity index is 673.